The van der Waals surface area contributed by atoms with Crippen molar-refractivity contribution in [1.82, 2.24) is 0 Å². The van der Waals surface area contributed by atoms with Crippen LogP contribution in [0.25, 0.3) is 0 Å². The molecule has 0 aromatic heterocycles. The minimum atomic E-state index is -0.940. The predicted molar refractivity (Wildman–Crippen MR) is 110 cm³/mol. The largest absolute Gasteiger partial charge is 0.206 e. The number of hydrogen-bond acceptors (Lipinski definition) is 1. The summed E-state index contributed by atoms with van der Waals surface area (Å²) in [5.74, 6) is 6.25. The topological polar surface area (TPSA) is 23.8 Å². The Morgan fingerprint density at radius 3 is 1.58 bits per heavy atom. The Kier molecular flexibility index (Phi) is 6.76. The highest BCUT2D eigenvalue weighted by atomic mass is 19.1. The molecule has 3 aromatic rings. The fourth-order valence-corrected chi connectivity index (χ4v) is 2.84. The zero-order chi connectivity index (χ0) is 22.4. The molecule has 3 aromatic carbocycles. The van der Waals surface area contributed by atoms with Crippen molar-refractivity contribution in [3.63, 3.8) is 0 Å². The number of hydrogen-bond donors (Lipinski definition) is 0. The smallest absolute Gasteiger partial charge is 0.143 e. The third-order valence-electron chi connectivity index (χ3n) is 4.36. The molecular formula is C26H15F4N. The third-order valence-corrected chi connectivity index (χ3v) is 4.36. The van der Waals surface area contributed by atoms with E-state index < -0.39 is 34.4 Å². The molecule has 0 amide bonds. The van der Waals surface area contributed by atoms with E-state index in [9.17, 15) is 17.6 Å². The summed E-state index contributed by atoms with van der Waals surface area (Å²) in [6.45, 7) is 1.89. The van der Waals surface area contributed by atoms with E-state index in [0.29, 0.717) is 23.1 Å². The molecule has 152 valence electrons. The zero-order valence-electron chi connectivity index (χ0n) is 16.5. The first kappa shape index (κ1) is 21.7. The van der Waals surface area contributed by atoms with Crippen LogP contribution in [0.15, 0.2) is 48.5 Å². The van der Waals surface area contributed by atoms with Crippen molar-refractivity contribution in [1.29, 1.82) is 5.26 Å². The van der Waals surface area contributed by atoms with Gasteiger partial charge in [0.15, 0.2) is 0 Å². The van der Waals surface area contributed by atoms with Crippen molar-refractivity contribution in [3.8, 4) is 29.8 Å². The fourth-order valence-electron chi connectivity index (χ4n) is 2.84. The maximum Gasteiger partial charge on any atom is 0.143 e. The summed E-state index contributed by atoms with van der Waals surface area (Å²) in [5, 5.41) is 8.78. The van der Waals surface area contributed by atoms with E-state index in [2.05, 4.69) is 23.7 Å². The second-order valence-corrected chi connectivity index (χ2v) is 6.69. The summed E-state index contributed by atoms with van der Waals surface area (Å²) in [4.78, 5) is 0. The molecule has 5 heteroatoms. The fraction of sp³-hybridized carbons (Fsp3) is 0.115. The molecule has 0 bridgehead atoms. The summed E-state index contributed by atoms with van der Waals surface area (Å²) >= 11 is 0. The van der Waals surface area contributed by atoms with Crippen LogP contribution < -0.4 is 0 Å². The average molecular weight is 417 g/mol. The quantitative estimate of drug-likeness (QED) is 0.378. The Labute approximate surface area is 178 Å². The van der Waals surface area contributed by atoms with Gasteiger partial charge in [-0.2, -0.15) is 5.26 Å². The maximum atomic E-state index is 14.4. The number of halogens is 4. The predicted octanol–water partition coefficient (Wildman–Crippen LogP) is 5.87. The highest BCUT2D eigenvalue weighted by Gasteiger charge is 2.11. The van der Waals surface area contributed by atoms with Gasteiger partial charge < -0.3 is 0 Å². The first-order chi connectivity index (χ1) is 14.9. The molecular weight excluding hydrogens is 402 g/mol. The number of rotatable bonds is 2. The number of benzene rings is 3. The molecule has 0 unspecified atom stereocenters. The van der Waals surface area contributed by atoms with Crippen LogP contribution in [-0.4, -0.2) is 0 Å². The van der Waals surface area contributed by atoms with E-state index in [1.807, 2.05) is 13.0 Å². The minimum Gasteiger partial charge on any atom is -0.206 e. The van der Waals surface area contributed by atoms with E-state index in [-0.39, 0.29) is 5.56 Å². The average Bonchev–Trinajstić information content (AvgIpc) is 2.73. The van der Waals surface area contributed by atoms with E-state index in [4.69, 9.17) is 5.26 Å². The van der Waals surface area contributed by atoms with Crippen molar-refractivity contribution in [2.75, 3.05) is 0 Å². The SMILES string of the molecule is CCCc1cc(F)c(C#Cc2cc(F)c(C#Cc3ccc(C#N)cc3)c(F)c2)c(F)c1. The van der Waals surface area contributed by atoms with Crippen LogP contribution in [-0.2, 0) is 6.42 Å². The second-order valence-electron chi connectivity index (χ2n) is 6.69. The van der Waals surface area contributed by atoms with Crippen LogP contribution >= 0.6 is 0 Å². The van der Waals surface area contributed by atoms with Gasteiger partial charge in [-0.3, -0.25) is 0 Å². The Balaban J connectivity index is 1.89. The van der Waals surface area contributed by atoms with Crippen molar-refractivity contribution in [2.45, 2.75) is 19.8 Å². The van der Waals surface area contributed by atoms with Crippen LogP contribution in [0.1, 0.15) is 46.7 Å². The van der Waals surface area contributed by atoms with Gasteiger partial charge in [0.1, 0.15) is 23.3 Å². The number of nitriles is 1. The Morgan fingerprint density at radius 2 is 1.10 bits per heavy atom. The normalized spacial score (nSPS) is 9.81. The third kappa shape index (κ3) is 5.33. The van der Waals surface area contributed by atoms with E-state index in [1.165, 1.54) is 12.1 Å². The Bertz CT molecular complexity index is 1250. The van der Waals surface area contributed by atoms with Crippen molar-refractivity contribution >= 4 is 0 Å². The summed E-state index contributed by atoms with van der Waals surface area (Å²) in [7, 11) is 0. The lowest BCUT2D eigenvalue weighted by Crippen LogP contribution is -1.95. The second kappa shape index (κ2) is 9.66. The standard InChI is InChI=1S/C26H15F4N/c1-2-3-19-12-23(27)22(24(28)13-19)11-9-20-14-25(29)21(26(30)15-20)10-8-17-4-6-18(16-31)7-5-17/h4-7,12-15H,2-3H2,1H3. The summed E-state index contributed by atoms with van der Waals surface area (Å²) in [6.07, 6.45) is 1.27. The molecule has 0 N–H and O–H groups in total. The molecule has 0 atom stereocenters. The summed E-state index contributed by atoms with van der Waals surface area (Å²) < 4.78 is 57.0. The van der Waals surface area contributed by atoms with Gasteiger partial charge in [-0.1, -0.05) is 37.0 Å². The van der Waals surface area contributed by atoms with Gasteiger partial charge in [-0.15, -0.1) is 0 Å². The van der Waals surface area contributed by atoms with E-state index in [1.54, 1.807) is 24.3 Å². The Hall–Kier alpha value is -4.01. The molecule has 31 heavy (non-hydrogen) atoms. The van der Waals surface area contributed by atoms with E-state index in [0.717, 1.165) is 18.6 Å². The molecule has 0 saturated heterocycles. The van der Waals surface area contributed by atoms with Crippen molar-refractivity contribution in [3.05, 3.63) is 105 Å². The minimum absolute atomic E-state index is 0.0737. The van der Waals surface area contributed by atoms with Crippen LogP contribution in [0.5, 0.6) is 0 Å². The monoisotopic (exact) mass is 417 g/mol. The molecule has 0 aliphatic heterocycles. The molecule has 0 fully saturated rings. The van der Waals surface area contributed by atoms with Gasteiger partial charge in [-0.25, -0.2) is 17.6 Å². The summed E-state index contributed by atoms with van der Waals surface area (Å²) in [5.41, 5.74) is 0.472. The first-order valence-corrected chi connectivity index (χ1v) is 9.42. The molecule has 0 saturated carbocycles. The highest BCUT2D eigenvalue weighted by molar-refractivity contribution is 5.50. The zero-order valence-corrected chi connectivity index (χ0v) is 16.5. The molecule has 0 heterocycles. The lowest BCUT2D eigenvalue weighted by Gasteiger charge is -2.03. The van der Waals surface area contributed by atoms with Gasteiger partial charge in [0.25, 0.3) is 0 Å². The maximum absolute atomic E-state index is 14.4. The van der Waals surface area contributed by atoms with Gasteiger partial charge in [0.2, 0.25) is 0 Å². The molecule has 3 rings (SSSR count). The highest BCUT2D eigenvalue weighted by Crippen LogP contribution is 2.18. The lowest BCUT2D eigenvalue weighted by molar-refractivity contribution is 0.573. The van der Waals surface area contributed by atoms with Gasteiger partial charge >= 0.3 is 0 Å². The van der Waals surface area contributed by atoms with Gasteiger partial charge in [-0.05, 0) is 60.5 Å². The molecule has 0 aliphatic carbocycles. The Morgan fingerprint density at radius 1 is 0.645 bits per heavy atom. The summed E-state index contributed by atoms with van der Waals surface area (Å²) in [6, 6.07) is 12.5. The van der Waals surface area contributed by atoms with E-state index >= 15 is 0 Å². The van der Waals surface area contributed by atoms with Gasteiger partial charge in [0.05, 0.1) is 22.8 Å². The molecule has 0 radical (unpaired) electrons. The number of nitrogens with zero attached hydrogens (tertiary/aromatic N) is 1. The molecule has 0 aliphatic rings. The van der Waals surface area contributed by atoms with Crippen LogP contribution in [0, 0.1) is 58.3 Å². The molecule has 1 nitrogen and oxygen atoms in total. The lowest BCUT2D eigenvalue weighted by atomic mass is 10.1. The van der Waals surface area contributed by atoms with Crippen molar-refractivity contribution in [2.24, 2.45) is 0 Å². The number of aryl methyl sites for hydroxylation is 1. The van der Waals surface area contributed by atoms with Crippen LogP contribution in [0.4, 0.5) is 17.6 Å². The first-order valence-electron chi connectivity index (χ1n) is 9.42. The van der Waals surface area contributed by atoms with Crippen molar-refractivity contribution < 1.29 is 17.6 Å². The van der Waals surface area contributed by atoms with Crippen LogP contribution in [0.3, 0.4) is 0 Å². The van der Waals surface area contributed by atoms with Gasteiger partial charge in [0, 0.05) is 11.1 Å². The molecule has 0 spiro atoms. The van der Waals surface area contributed by atoms with Crippen LogP contribution in [0.2, 0.25) is 0 Å².